The Hall–Kier alpha value is -2.37. The Morgan fingerprint density at radius 2 is 1.95 bits per heavy atom. The number of nitro benzene ring substituents is 1. The number of nitro groups is 1. The lowest BCUT2D eigenvalue weighted by Crippen LogP contribution is -2.12. The second-order valence-electron chi connectivity index (χ2n) is 3.88. The molecule has 1 aromatic carbocycles. The molecular formula is C13H15NO5. The largest absolute Gasteiger partial charge is 0.512 e. The Morgan fingerprint density at radius 1 is 1.37 bits per heavy atom. The molecule has 0 amide bonds. The van der Waals surface area contributed by atoms with Crippen molar-refractivity contribution < 1.29 is 19.6 Å². The van der Waals surface area contributed by atoms with E-state index in [4.69, 9.17) is 4.74 Å². The van der Waals surface area contributed by atoms with Gasteiger partial charge in [-0.25, -0.2) is 4.79 Å². The fourth-order valence-electron chi connectivity index (χ4n) is 1.51. The Bertz CT molecular complexity index is 500. The van der Waals surface area contributed by atoms with E-state index in [1.165, 1.54) is 19.1 Å². The third-order valence-electron chi connectivity index (χ3n) is 2.49. The highest BCUT2D eigenvalue weighted by Crippen LogP contribution is 2.17. The van der Waals surface area contributed by atoms with Gasteiger partial charge in [-0.3, -0.25) is 10.1 Å². The molecule has 1 rings (SSSR count). The standard InChI is InChI=1S/C13H15NO5/c1-3-19-13(16)12(9(2)15)8-10-4-6-11(7-5-10)14(17)18/h4-7,15H,3,8H2,1-2H3/b12-9+. The van der Waals surface area contributed by atoms with Crippen molar-refractivity contribution in [3.63, 3.8) is 0 Å². The van der Waals surface area contributed by atoms with Crippen molar-refractivity contribution in [1.82, 2.24) is 0 Å². The van der Waals surface area contributed by atoms with Gasteiger partial charge < -0.3 is 9.84 Å². The van der Waals surface area contributed by atoms with Crippen LogP contribution in [-0.2, 0) is 16.0 Å². The number of carbonyl (C=O) groups excluding carboxylic acids is 1. The molecule has 0 saturated carbocycles. The van der Waals surface area contributed by atoms with Crippen LogP contribution in [0.1, 0.15) is 19.4 Å². The molecule has 19 heavy (non-hydrogen) atoms. The molecule has 0 atom stereocenters. The highest BCUT2D eigenvalue weighted by molar-refractivity contribution is 5.89. The van der Waals surface area contributed by atoms with E-state index in [-0.39, 0.29) is 30.0 Å². The molecule has 1 N–H and O–H groups in total. The van der Waals surface area contributed by atoms with Gasteiger partial charge in [0.25, 0.3) is 5.69 Å². The summed E-state index contributed by atoms with van der Waals surface area (Å²) in [5.74, 6) is -0.697. The number of allylic oxidation sites excluding steroid dienone is 1. The van der Waals surface area contributed by atoms with Gasteiger partial charge in [0.05, 0.1) is 22.9 Å². The van der Waals surface area contributed by atoms with E-state index in [0.717, 1.165) is 0 Å². The number of non-ortho nitro benzene ring substituents is 1. The highest BCUT2D eigenvalue weighted by Gasteiger charge is 2.15. The van der Waals surface area contributed by atoms with E-state index >= 15 is 0 Å². The number of aliphatic hydroxyl groups is 1. The normalized spacial score (nSPS) is 11.7. The van der Waals surface area contributed by atoms with Crippen LogP contribution in [-0.4, -0.2) is 22.6 Å². The van der Waals surface area contributed by atoms with E-state index < -0.39 is 10.9 Å². The summed E-state index contributed by atoms with van der Waals surface area (Å²) < 4.78 is 4.83. The van der Waals surface area contributed by atoms with Gasteiger partial charge in [-0.2, -0.15) is 0 Å². The van der Waals surface area contributed by atoms with Crippen molar-refractivity contribution in [2.45, 2.75) is 20.3 Å². The van der Waals surface area contributed by atoms with Gasteiger partial charge in [0.2, 0.25) is 0 Å². The Morgan fingerprint density at radius 3 is 2.37 bits per heavy atom. The maximum absolute atomic E-state index is 11.6. The summed E-state index contributed by atoms with van der Waals surface area (Å²) in [6.45, 7) is 3.29. The van der Waals surface area contributed by atoms with Gasteiger partial charge >= 0.3 is 5.97 Å². The molecule has 6 nitrogen and oxygen atoms in total. The van der Waals surface area contributed by atoms with Crippen LogP contribution >= 0.6 is 0 Å². The molecule has 0 bridgehead atoms. The fraction of sp³-hybridized carbons (Fsp3) is 0.308. The summed E-state index contributed by atoms with van der Waals surface area (Å²) in [7, 11) is 0. The van der Waals surface area contributed by atoms with E-state index in [9.17, 15) is 20.0 Å². The lowest BCUT2D eigenvalue weighted by atomic mass is 10.0. The molecule has 102 valence electrons. The van der Waals surface area contributed by atoms with Gasteiger partial charge in [-0.1, -0.05) is 12.1 Å². The molecule has 0 radical (unpaired) electrons. The Labute approximate surface area is 110 Å². The molecular weight excluding hydrogens is 250 g/mol. The minimum absolute atomic E-state index is 0.0221. The second-order valence-corrected chi connectivity index (χ2v) is 3.88. The number of hydrogen-bond acceptors (Lipinski definition) is 5. The maximum atomic E-state index is 11.6. The molecule has 0 aliphatic carbocycles. The Kier molecular flexibility index (Phi) is 5.05. The number of benzene rings is 1. The zero-order chi connectivity index (χ0) is 14.4. The summed E-state index contributed by atoms with van der Waals surface area (Å²) in [6.07, 6.45) is 0.166. The van der Waals surface area contributed by atoms with Crippen molar-refractivity contribution in [3.8, 4) is 0 Å². The van der Waals surface area contributed by atoms with Crippen molar-refractivity contribution in [3.05, 3.63) is 51.3 Å². The fourth-order valence-corrected chi connectivity index (χ4v) is 1.51. The van der Waals surface area contributed by atoms with Gasteiger partial charge in [0.15, 0.2) is 0 Å². The third kappa shape index (κ3) is 4.09. The molecule has 6 heteroatoms. The van der Waals surface area contributed by atoms with Crippen molar-refractivity contribution in [2.75, 3.05) is 6.61 Å². The predicted octanol–water partition coefficient (Wildman–Crippen LogP) is 2.53. The van der Waals surface area contributed by atoms with E-state index in [2.05, 4.69) is 0 Å². The molecule has 0 heterocycles. The van der Waals surface area contributed by atoms with Crippen LogP contribution in [0.15, 0.2) is 35.6 Å². The van der Waals surface area contributed by atoms with E-state index in [1.807, 2.05) is 0 Å². The quantitative estimate of drug-likeness (QED) is 0.290. The van der Waals surface area contributed by atoms with Crippen molar-refractivity contribution in [1.29, 1.82) is 0 Å². The first-order valence-electron chi connectivity index (χ1n) is 5.74. The summed E-state index contributed by atoms with van der Waals surface area (Å²) in [4.78, 5) is 21.6. The number of carbonyl (C=O) groups is 1. The summed E-state index contributed by atoms with van der Waals surface area (Å²) in [6, 6.07) is 5.79. The van der Waals surface area contributed by atoms with Crippen molar-refractivity contribution in [2.24, 2.45) is 0 Å². The van der Waals surface area contributed by atoms with Crippen LogP contribution in [0.25, 0.3) is 0 Å². The molecule has 1 aromatic rings. The van der Waals surface area contributed by atoms with Gasteiger partial charge in [0, 0.05) is 18.6 Å². The molecule has 0 aromatic heterocycles. The maximum Gasteiger partial charge on any atom is 0.337 e. The number of ether oxygens (including phenoxy) is 1. The molecule has 0 spiro atoms. The lowest BCUT2D eigenvalue weighted by Gasteiger charge is -2.08. The SMILES string of the molecule is CCOC(=O)/C(Cc1ccc([N+](=O)[O-])cc1)=C(\C)O. The predicted molar refractivity (Wildman–Crippen MR) is 68.8 cm³/mol. The number of esters is 1. The monoisotopic (exact) mass is 265 g/mol. The van der Waals surface area contributed by atoms with Gasteiger partial charge in [-0.05, 0) is 19.4 Å². The van der Waals surface area contributed by atoms with Crippen molar-refractivity contribution >= 4 is 11.7 Å². The van der Waals surface area contributed by atoms with Crippen LogP contribution in [0.3, 0.4) is 0 Å². The van der Waals surface area contributed by atoms with Crippen LogP contribution in [0.5, 0.6) is 0 Å². The first-order valence-corrected chi connectivity index (χ1v) is 5.74. The molecule has 0 aliphatic heterocycles. The highest BCUT2D eigenvalue weighted by atomic mass is 16.6. The Balaban J connectivity index is 2.89. The minimum Gasteiger partial charge on any atom is -0.512 e. The third-order valence-corrected chi connectivity index (χ3v) is 2.49. The molecule has 0 aliphatic rings. The molecule has 0 saturated heterocycles. The zero-order valence-corrected chi connectivity index (χ0v) is 10.8. The summed E-state index contributed by atoms with van der Waals surface area (Å²) >= 11 is 0. The topological polar surface area (TPSA) is 89.7 Å². The van der Waals surface area contributed by atoms with Crippen LogP contribution in [0, 0.1) is 10.1 Å². The number of nitrogens with zero attached hydrogens (tertiary/aromatic N) is 1. The first-order chi connectivity index (χ1) is 8.95. The number of aliphatic hydroxyl groups excluding tert-OH is 1. The van der Waals surface area contributed by atoms with Crippen LogP contribution in [0.4, 0.5) is 5.69 Å². The van der Waals surface area contributed by atoms with Crippen LogP contribution < -0.4 is 0 Å². The number of rotatable bonds is 5. The molecule has 0 fully saturated rings. The lowest BCUT2D eigenvalue weighted by molar-refractivity contribution is -0.384. The minimum atomic E-state index is -0.583. The van der Waals surface area contributed by atoms with Gasteiger partial charge in [-0.15, -0.1) is 0 Å². The first kappa shape index (κ1) is 14.7. The van der Waals surface area contributed by atoms with Gasteiger partial charge in [0.1, 0.15) is 0 Å². The molecule has 0 unspecified atom stereocenters. The zero-order valence-electron chi connectivity index (χ0n) is 10.8. The average molecular weight is 265 g/mol. The van der Waals surface area contributed by atoms with E-state index in [0.29, 0.717) is 5.56 Å². The smallest absolute Gasteiger partial charge is 0.337 e. The average Bonchev–Trinajstić information content (AvgIpc) is 2.36. The number of hydrogen-bond donors (Lipinski definition) is 1. The summed E-state index contributed by atoms with van der Waals surface area (Å²) in [5, 5.41) is 20.0. The summed E-state index contributed by atoms with van der Waals surface area (Å²) in [5.41, 5.74) is 0.809. The second kappa shape index (κ2) is 6.53. The van der Waals surface area contributed by atoms with E-state index in [1.54, 1.807) is 19.1 Å². The van der Waals surface area contributed by atoms with Crippen LogP contribution in [0.2, 0.25) is 0 Å².